The molecule has 0 saturated carbocycles. The Hall–Kier alpha value is -2.28. The number of esters is 2. The van der Waals surface area contributed by atoms with Gasteiger partial charge in [-0.1, -0.05) is 6.07 Å². The van der Waals surface area contributed by atoms with Crippen molar-refractivity contribution in [3.05, 3.63) is 45.1 Å². The first-order chi connectivity index (χ1) is 12.1. The summed E-state index contributed by atoms with van der Waals surface area (Å²) in [6.07, 6.45) is 0. The minimum absolute atomic E-state index is 0.282. The van der Waals surface area contributed by atoms with Crippen molar-refractivity contribution >= 4 is 23.3 Å². The maximum atomic E-state index is 12.8. The van der Waals surface area contributed by atoms with E-state index in [1.54, 1.807) is 13.8 Å². The number of thiophene rings is 1. The molecule has 0 aromatic carbocycles. The number of nitrogens with zero attached hydrogens (tertiary/aromatic N) is 1. The van der Waals surface area contributed by atoms with Crippen molar-refractivity contribution in [2.45, 2.75) is 26.7 Å². The predicted octanol–water partition coefficient (Wildman–Crippen LogP) is 2.36. The summed E-state index contributed by atoms with van der Waals surface area (Å²) in [7, 11) is 0. The van der Waals surface area contributed by atoms with Crippen LogP contribution in [0.3, 0.4) is 0 Å². The molecule has 134 valence electrons. The molecule has 25 heavy (non-hydrogen) atoms. The van der Waals surface area contributed by atoms with E-state index in [4.69, 9.17) is 9.47 Å². The Kier molecular flexibility index (Phi) is 5.13. The van der Waals surface area contributed by atoms with Crippen molar-refractivity contribution in [2.75, 3.05) is 26.3 Å². The molecule has 3 rings (SSSR count). The van der Waals surface area contributed by atoms with Gasteiger partial charge in [0.2, 0.25) is 0 Å². The molecule has 1 saturated heterocycles. The number of carbonyl (C=O) groups excluding carboxylic acids is 2. The van der Waals surface area contributed by atoms with E-state index in [9.17, 15) is 9.59 Å². The lowest BCUT2D eigenvalue weighted by Crippen LogP contribution is -2.35. The highest BCUT2D eigenvalue weighted by molar-refractivity contribution is 7.10. The number of hydrogen-bond acceptors (Lipinski definition) is 7. The molecule has 1 aromatic rings. The number of ether oxygens (including phenoxy) is 2. The second kappa shape index (κ2) is 7.31. The van der Waals surface area contributed by atoms with Crippen molar-refractivity contribution < 1.29 is 19.1 Å². The maximum Gasteiger partial charge on any atom is 0.338 e. The lowest BCUT2D eigenvalue weighted by molar-refractivity contribution is -0.139. The van der Waals surface area contributed by atoms with Gasteiger partial charge in [0, 0.05) is 23.7 Å². The molecule has 2 aliphatic rings. The highest BCUT2D eigenvalue weighted by atomic mass is 32.1. The van der Waals surface area contributed by atoms with Gasteiger partial charge in [0.25, 0.3) is 0 Å². The first-order valence-electron chi connectivity index (χ1n) is 8.44. The Morgan fingerprint density at radius 2 is 1.92 bits per heavy atom. The standard InChI is InChI=1S/C18H22N2O4S/c1-4-23-17(21)13-11(3)20-9-8-19-16(20)15(18(22)24-5-2)14(13)12-7-6-10-25-12/h6-7,10,14,19H,4-5,8-9H2,1-3H3. The van der Waals surface area contributed by atoms with E-state index in [0.29, 0.717) is 24.2 Å². The second-order valence-corrected chi connectivity index (χ2v) is 6.71. The first kappa shape index (κ1) is 17.5. The fourth-order valence-corrected chi connectivity index (χ4v) is 4.19. The predicted molar refractivity (Wildman–Crippen MR) is 94.8 cm³/mol. The van der Waals surface area contributed by atoms with Crippen molar-refractivity contribution in [1.82, 2.24) is 10.2 Å². The van der Waals surface area contributed by atoms with Crippen LogP contribution in [0.15, 0.2) is 40.2 Å². The van der Waals surface area contributed by atoms with Crippen LogP contribution in [-0.2, 0) is 19.1 Å². The van der Waals surface area contributed by atoms with E-state index >= 15 is 0 Å². The van der Waals surface area contributed by atoms with Gasteiger partial charge in [0.05, 0.1) is 30.3 Å². The molecule has 0 radical (unpaired) electrons. The lowest BCUT2D eigenvalue weighted by Gasteiger charge is -2.34. The Bertz CT molecular complexity index is 736. The van der Waals surface area contributed by atoms with Crippen LogP contribution in [0.1, 0.15) is 31.6 Å². The molecule has 0 aliphatic carbocycles. The number of carbonyl (C=O) groups is 2. The van der Waals surface area contributed by atoms with Gasteiger partial charge in [0.1, 0.15) is 5.82 Å². The Labute approximate surface area is 151 Å². The largest absolute Gasteiger partial charge is 0.463 e. The summed E-state index contributed by atoms with van der Waals surface area (Å²) in [6.45, 7) is 7.44. The zero-order valence-corrected chi connectivity index (χ0v) is 15.4. The third-order valence-corrected chi connectivity index (χ3v) is 5.28. The van der Waals surface area contributed by atoms with Crippen LogP contribution in [0.5, 0.6) is 0 Å². The first-order valence-corrected chi connectivity index (χ1v) is 9.32. The molecule has 3 heterocycles. The van der Waals surface area contributed by atoms with Crippen molar-refractivity contribution in [3.8, 4) is 0 Å². The normalized spacial score (nSPS) is 19.6. The van der Waals surface area contributed by atoms with Gasteiger partial charge in [-0.2, -0.15) is 0 Å². The summed E-state index contributed by atoms with van der Waals surface area (Å²) in [5.74, 6) is -0.520. The summed E-state index contributed by atoms with van der Waals surface area (Å²) < 4.78 is 10.6. The molecular formula is C18H22N2O4S. The Morgan fingerprint density at radius 1 is 1.24 bits per heavy atom. The Morgan fingerprint density at radius 3 is 2.52 bits per heavy atom. The quantitative estimate of drug-likeness (QED) is 0.811. The third-order valence-electron chi connectivity index (χ3n) is 4.34. The number of nitrogens with one attached hydrogen (secondary N) is 1. The average Bonchev–Trinajstić information content (AvgIpc) is 3.26. The van der Waals surface area contributed by atoms with Crippen LogP contribution >= 0.6 is 11.3 Å². The third kappa shape index (κ3) is 3.04. The molecule has 2 aliphatic heterocycles. The number of hydrogen-bond donors (Lipinski definition) is 1. The second-order valence-electron chi connectivity index (χ2n) is 5.73. The van der Waals surface area contributed by atoms with E-state index in [-0.39, 0.29) is 19.2 Å². The summed E-state index contributed by atoms with van der Waals surface area (Å²) in [5, 5.41) is 5.22. The van der Waals surface area contributed by atoms with Crippen molar-refractivity contribution in [2.24, 2.45) is 0 Å². The SMILES string of the molecule is CCOC(=O)C1=C(C)N2CCNC2=C(C(=O)OCC)C1c1cccs1. The highest BCUT2D eigenvalue weighted by Crippen LogP contribution is 2.44. The van der Waals surface area contributed by atoms with Crippen LogP contribution in [0.25, 0.3) is 0 Å². The van der Waals surface area contributed by atoms with Crippen molar-refractivity contribution in [1.29, 1.82) is 0 Å². The monoisotopic (exact) mass is 362 g/mol. The van der Waals surface area contributed by atoms with E-state index in [1.807, 2.05) is 29.3 Å². The minimum atomic E-state index is -0.477. The molecule has 1 fully saturated rings. The summed E-state index contributed by atoms with van der Waals surface area (Å²) in [6, 6.07) is 3.85. The zero-order valence-electron chi connectivity index (χ0n) is 14.6. The van der Waals surface area contributed by atoms with Crippen LogP contribution in [0.4, 0.5) is 0 Å². The maximum absolute atomic E-state index is 12.8. The molecule has 1 atom stereocenters. The van der Waals surface area contributed by atoms with Gasteiger partial charge in [0.15, 0.2) is 0 Å². The molecule has 0 amide bonds. The smallest absolute Gasteiger partial charge is 0.338 e. The van der Waals surface area contributed by atoms with Gasteiger partial charge < -0.3 is 19.7 Å². The molecule has 0 spiro atoms. The van der Waals surface area contributed by atoms with Gasteiger partial charge in [-0.05, 0) is 32.2 Å². The zero-order chi connectivity index (χ0) is 18.0. The molecule has 1 aromatic heterocycles. The van der Waals surface area contributed by atoms with Gasteiger partial charge in [-0.25, -0.2) is 9.59 Å². The van der Waals surface area contributed by atoms with Crippen LogP contribution in [0, 0.1) is 0 Å². The number of fused-ring (bicyclic) bond motifs is 1. The summed E-state index contributed by atoms with van der Waals surface area (Å²) in [5.41, 5.74) is 1.82. The van der Waals surface area contributed by atoms with Gasteiger partial charge in [-0.3, -0.25) is 0 Å². The van der Waals surface area contributed by atoms with Crippen LogP contribution in [0.2, 0.25) is 0 Å². The van der Waals surface area contributed by atoms with E-state index in [2.05, 4.69) is 5.32 Å². The summed E-state index contributed by atoms with van der Waals surface area (Å²) in [4.78, 5) is 28.4. The molecule has 1 N–H and O–H groups in total. The van der Waals surface area contributed by atoms with Crippen LogP contribution < -0.4 is 5.32 Å². The lowest BCUT2D eigenvalue weighted by atomic mass is 9.85. The fraction of sp³-hybridized carbons (Fsp3) is 0.444. The minimum Gasteiger partial charge on any atom is -0.463 e. The van der Waals surface area contributed by atoms with E-state index < -0.39 is 11.9 Å². The Balaban J connectivity index is 2.18. The number of rotatable bonds is 5. The molecule has 0 bridgehead atoms. The molecule has 1 unspecified atom stereocenters. The fourth-order valence-electron chi connectivity index (χ4n) is 3.34. The molecule has 7 heteroatoms. The van der Waals surface area contributed by atoms with E-state index in [0.717, 1.165) is 16.4 Å². The molecule has 6 nitrogen and oxygen atoms in total. The number of allylic oxidation sites excluding steroid dienone is 1. The highest BCUT2D eigenvalue weighted by Gasteiger charge is 2.43. The van der Waals surface area contributed by atoms with Gasteiger partial charge >= 0.3 is 11.9 Å². The van der Waals surface area contributed by atoms with Gasteiger partial charge in [-0.15, -0.1) is 11.3 Å². The van der Waals surface area contributed by atoms with E-state index in [1.165, 1.54) is 11.3 Å². The average molecular weight is 362 g/mol. The topological polar surface area (TPSA) is 67.9 Å². The van der Waals surface area contributed by atoms with Crippen LogP contribution in [-0.4, -0.2) is 43.1 Å². The van der Waals surface area contributed by atoms with Crippen molar-refractivity contribution in [3.63, 3.8) is 0 Å². The summed E-state index contributed by atoms with van der Waals surface area (Å²) >= 11 is 1.51. The molecular weight excluding hydrogens is 340 g/mol.